The Kier molecular flexibility index (Phi) is 5.76. The van der Waals surface area contributed by atoms with Crippen molar-refractivity contribution in [3.8, 4) is 0 Å². The molecule has 0 aliphatic rings. The van der Waals surface area contributed by atoms with Crippen molar-refractivity contribution in [1.29, 1.82) is 0 Å². The van der Waals surface area contributed by atoms with Gasteiger partial charge in [0.25, 0.3) is 0 Å². The fraction of sp³-hybridized carbons (Fsp3) is 0.412. The molecule has 0 heteroatoms. The molecule has 0 fully saturated rings. The molecule has 0 saturated carbocycles. The zero-order valence-electron chi connectivity index (χ0n) is 11.5. The van der Waals surface area contributed by atoms with E-state index in [-0.39, 0.29) is 0 Å². The molecule has 1 unspecified atom stereocenters. The highest BCUT2D eigenvalue weighted by Gasteiger charge is 2.18. The van der Waals surface area contributed by atoms with Gasteiger partial charge in [0, 0.05) is 5.92 Å². The molecule has 1 aromatic carbocycles. The lowest BCUT2D eigenvalue weighted by molar-refractivity contribution is 0.561. The Morgan fingerprint density at radius 2 is 1.82 bits per heavy atom. The third-order valence-electron chi connectivity index (χ3n) is 2.98. The Balaban J connectivity index is 3.12. The highest BCUT2D eigenvalue weighted by atomic mass is 14.2. The van der Waals surface area contributed by atoms with Gasteiger partial charge >= 0.3 is 0 Å². The normalized spacial score (nSPS) is 14.5. The van der Waals surface area contributed by atoms with E-state index in [4.69, 9.17) is 0 Å². The molecule has 0 bridgehead atoms. The minimum atomic E-state index is 0.507. The second kappa shape index (κ2) is 7.11. The van der Waals surface area contributed by atoms with Gasteiger partial charge in [-0.05, 0) is 30.4 Å². The third kappa shape index (κ3) is 3.89. The maximum atomic E-state index is 2.34. The van der Waals surface area contributed by atoms with Crippen LogP contribution >= 0.6 is 0 Å². The summed E-state index contributed by atoms with van der Waals surface area (Å²) in [5.41, 5.74) is 2.86. The summed E-state index contributed by atoms with van der Waals surface area (Å²) < 4.78 is 0. The van der Waals surface area contributed by atoms with Crippen molar-refractivity contribution in [3.63, 3.8) is 0 Å². The van der Waals surface area contributed by atoms with Crippen molar-refractivity contribution >= 4 is 0 Å². The van der Waals surface area contributed by atoms with E-state index in [2.05, 4.69) is 76.3 Å². The molecule has 0 aliphatic carbocycles. The molecular weight excluding hydrogens is 204 g/mol. The van der Waals surface area contributed by atoms with Crippen LogP contribution in [0.4, 0.5) is 0 Å². The quantitative estimate of drug-likeness (QED) is 0.597. The molecule has 0 saturated heterocycles. The van der Waals surface area contributed by atoms with E-state index >= 15 is 0 Å². The zero-order chi connectivity index (χ0) is 12.7. The SMILES string of the molecule is C/C=C\C(=C/CC)C(c1ccccc1)C(C)C. The first kappa shape index (κ1) is 13.8. The first-order valence-electron chi connectivity index (χ1n) is 6.58. The van der Waals surface area contributed by atoms with E-state index in [1.165, 1.54) is 11.1 Å². The molecule has 0 radical (unpaired) electrons. The van der Waals surface area contributed by atoms with Gasteiger partial charge in [-0.3, -0.25) is 0 Å². The van der Waals surface area contributed by atoms with Crippen molar-refractivity contribution in [1.82, 2.24) is 0 Å². The molecule has 17 heavy (non-hydrogen) atoms. The molecule has 1 rings (SSSR count). The summed E-state index contributed by atoms with van der Waals surface area (Å²) in [6.07, 6.45) is 7.83. The monoisotopic (exact) mass is 228 g/mol. The van der Waals surface area contributed by atoms with Crippen LogP contribution in [0.2, 0.25) is 0 Å². The Hall–Kier alpha value is -1.30. The molecule has 0 N–H and O–H groups in total. The molecule has 0 heterocycles. The van der Waals surface area contributed by atoms with Gasteiger partial charge < -0.3 is 0 Å². The van der Waals surface area contributed by atoms with Gasteiger partial charge in [-0.15, -0.1) is 0 Å². The van der Waals surface area contributed by atoms with E-state index in [0.717, 1.165) is 6.42 Å². The summed E-state index contributed by atoms with van der Waals surface area (Å²) in [7, 11) is 0. The fourth-order valence-electron chi connectivity index (χ4n) is 2.35. The van der Waals surface area contributed by atoms with Gasteiger partial charge in [-0.2, -0.15) is 0 Å². The minimum absolute atomic E-state index is 0.507. The van der Waals surface area contributed by atoms with Gasteiger partial charge in [0.2, 0.25) is 0 Å². The summed E-state index contributed by atoms with van der Waals surface area (Å²) >= 11 is 0. The van der Waals surface area contributed by atoms with E-state index in [1.807, 2.05) is 0 Å². The largest absolute Gasteiger partial charge is 0.0874 e. The molecule has 1 atom stereocenters. The van der Waals surface area contributed by atoms with Crippen molar-refractivity contribution < 1.29 is 0 Å². The van der Waals surface area contributed by atoms with Crippen molar-refractivity contribution in [2.45, 2.75) is 40.0 Å². The second-order valence-corrected chi connectivity index (χ2v) is 4.74. The lowest BCUT2D eigenvalue weighted by Crippen LogP contribution is -2.08. The third-order valence-corrected chi connectivity index (χ3v) is 2.98. The summed E-state index contributed by atoms with van der Waals surface area (Å²) in [5.74, 6) is 1.12. The van der Waals surface area contributed by atoms with Gasteiger partial charge in [0.1, 0.15) is 0 Å². The fourth-order valence-corrected chi connectivity index (χ4v) is 2.35. The minimum Gasteiger partial charge on any atom is -0.0874 e. The van der Waals surface area contributed by atoms with Crippen molar-refractivity contribution in [2.75, 3.05) is 0 Å². The molecule has 92 valence electrons. The number of allylic oxidation sites excluding steroid dienone is 4. The van der Waals surface area contributed by atoms with E-state index in [9.17, 15) is 0 Å². The number of rotatable bonds is 5. The van der Waals surface area contributed by atoms with E-state index in [1.54, 1.807) is 0 Å². The van der Waals surface area contributed by atoms with Crippen LogP contribution in [0.1, 0.15) is 45.6 Å². The van der Waals surface area contributed by atoms with Gasteiger partial charge in [0.15, 0.2) is 0 Å². The standard InChI is InChI=1S/C17H24/c1-5-10-15(11-6-2)17(14(3)4)16-12-8-7-9-13-16/h5,7-14,17H,6H2,1-4H3/b10-5-,15-11+. The molecule has 0 spiro atoms. The molecular formula is C17H24. The summed E-state index contributed by atoms with van der Waals surface area (Å²) in [5, 5.41) is 0. The highest BCUT2D eigenvalue weighted by Crippen LogP contribution is 2.32. The molecule has 0 nitrogen and oxygen atoms in total. The van der Waals surface area contributed by atoms with Crippen LogP contribution < -0.4 is 0 Å². The van der Waals surface area contributed by atoms with Crippen molar-refractivity contribution in [2.24, 2.45) is 5.92 Å². The van der Waals surface area contributed by atoms with Crippen LogP contribution in [-0.4, -0.2) is 0 Å². The predicted molar refractivity (Wildman–Crippen MR) is 77.2 cm³/mol. The first-order valence-corrected chi connectivity index (χ1v) is 6.58. The molecule has 1 aromatic rings. The number of benzene rings is 1. The molecule has 0 aromatic heterocycles. The summed E-state index contributed by atoms with van der Waals surface area (Å²) in [6.45, 7) is 8.88. The average Bonchev–Trinajstić information content (AvgIpc) is 2.31. The lowest BCUT2D eigenvalue weighted by atomic mass is 9.81. The van der Waals surface area contributed by atoms with Gasteiger partial charge in [-0.25, -0.2) is 0 Å². The smallest absolute Gasteiger partial charge is 0.0109 e. The molecule has 0 amide bonds. The van der Waals surface area contributed by atoms with Gasteiger partial charge in [-0.1, -0.05) is 69.3 Å². The summed E-state index contributed by atoms with van der Waals surface area (Å²) in [4.78, 5) is 0. The average molecular weight is 228 g/mol. The van der Waals surface area contributed by atoms with Crippen LogP contribution in [-0.2, 0) is 0 Å². The maximum Gasteiger partial charge on any atom is 0.0109 e. The van der Waals surface area contributed by atoms with Crippen LogP contribution in [0.5, 0.6) is 0 Å². The first-order chi connectivity index (χ1) is 8.20. The zero-order valence-corrected chi connectivity index (χ0v) is 11.5. The van der Waals surface area contributed by atoms with Crippen LogP contribution in [0, 0.1) is 5.92 Å². The van der Waals surface area contributed by atoms with E-state index in [0.29, 0.717) is 11.8 Å². The highest BCUT2D eigenvalue weighted by molar-refractivity contribution is 5.35. The second-order valence-electron chi connectivity index (χ2n) is 4.74. The number of hydrogen-bond donors (Lipinski definition) is 0. The van der Waals surface area contributed by atoms with Crippen LogP contribution in [0.25, 0.3) is 0 Å². The van der Waals surface area contributed by atoms with Crippen LogP contribution in [0.15, 0.2) is 54.1 Å². The summed E-state index contributed by atoms with van der Waals surface area (Å²) in [6, 6.07) is 10.8. The molecule has 0 aliphatic heterocycles. The lowest BCUT2D eigenvalue weighted by Gasteiger charge is -2.23. The van der Waals surface area contributed by atoms with E-state index < -0.39 is 0 Å². The predicted octanol–water partition coefficient (Wildman–Crippen LogP) is 5.34. The van der Waals surface area contributed by atoms with Crippen LogP contribution in [0.3, 0.4) is 0 Å². The Labute approximate surface area is 106 Å². The number of hydrogen-bond acceptors (Lipinski definition) is 0. The van der Waals surface area contributed by atoms with Crippen molar-refractivity contribution in [3.05, 3.63) is 59.7 Å². The maximum absolute atomic E-state index is 2.34. The topological polar surface area (TPSA) is 0 Å². The Morgan fingerprint density at radius 3 is 2.29 bits per heavy atom. The van der Waals surface area contributed by atoms with Gasteiger partial charge in [0.05, 0.1) is 0 Å². The Morgan fingerprint density at radius 1 is 1.18 bits per heavy atom. The Bertz CT molecular complexity index is 368.